The van der Waals surface area contributed by atoms with Crippen molar-refractivity contribution in [3.8, 4) is 0 Å². The molecule has 1 aromatic heterocycles. The van der Waals surface area contributed by atoms with Crippen LogP contribution in [0.4, 0.5) is 0 Å². The predicted octanol–water partition coefficient (Wildman–Crippen LogP) is 0.998. The number of ketones is 2. The lowest BCUT2D eigenvalue weighted by molar-refractivity contribution is -0.127. The van der Waals surface area contributed by atoms with Crippen LogP contribution in [0.15, 0.2) is 35.4 Å². The molecule has 1 amide bonds. The third-order valence-electron chi connectivity index (χ3n) is 5.43. The van der Waals surface area contributed by atoms with Crippen molar-refractivity contribution in [1.82, 2.24) is 4.98 Å². The molecule has 4 N–H and O–H groups in total. The zero-order valence-electron chi connectivity index (χ0n) is 13.2. The summed E-state index contributed by atoms with van der Waals surface area (Å²) in [6.45, 7) is 0. The highest BCUT2D eigenvalue weighted by atomic mass is 16.3. The summed E-state index contributed by atoms with van der Waals surface area (Å²) < 4.78 is 0. The smallest absolute Gasteiger partial charge is 0.255 e. The van der Waals surface area contributed by atoms with Crippen molar-refractivity contribution in [3.05, 3.63) is 46.5 Å². The average molecular weight is 340 g/mol. The average Bonchev–Trinajstić information content (AvgIpc) is 2.53. The van der Waals surface area contributed by atoms with Crippen molar-refractivity contribution in [2.24, 2.45) is 23.5 Å². The summed E-state index contributed by atoms with van der Waals surface area (Å²) in [5, 5.41) is 21.0. The fraction of sp³-hybridized carbons (Fsp3) is 0.333. The first-order valence-electron chi connectivity index (χ1n) is 8.06. The van der Waals surface area contributed by atoms with E-state index in [-0.39, 0.29) is 23.7 Å². The first-order valence-corrected chi connectivity index (χ1v) is 8.06. The zero-order chi connectivity index (χ0) is 17.9. The molecule has 1 unspecified atom stereocenters. The quantitative estimate of drug-likeness (QED) is 0.654. The van der Waals surface area contributed by atoms with Gasteiger partial charge in [-0.05, 0) is 36.3 Å². The highest BCUT2D eigenvalue weighted by Gasteiger charge is 2.50. The Bertz CT molecular complexity index is 898. The molecule has 1 fully saturated rings. The molecule has 128 valence electrons. The normalized spacial score (nSPS) is 28.4. The first kappa shape index (κ1) is 15.6. The van der Waals surface area contributed by atoms with E-state index in [2.05, 4.69) is 4.98 Å². The Morgan fingerprint density at radius 3 is 2.72 bits per heavy atom. The van der Waals surface area contributed by atoms with Crippen LogP contribution in [0.1, 0.15) is 24.0 Å². The van der Waals surface area contributed by atoms with E-state index in [0.717, 1.165) is 5.56 Å². The number of rotatable bonds is 1. The summed E-state index contributed by atoms with van der Waals surface area (Å²) in [5.74, 6) is -4.33. The van der Waals surface area contributed by atoms with E-state index in [0.29, 0.717) is 18.4 Å². The van der Waals surface area contributed by atoms with E-state index in [9.17, 15) is 24.6 Å². The number of aromatic nitrogens is 1. The summed E-state index contributed by atoms with van der Waals surface area (Å²) in [5.41, 5.74) is 6.33. The van der Waals surface area contributed by atoms with Crippen LogP contribution in [-0.4, -0.2) is 32.7 Å². The van der Waals surface area contributed by atoms with E-state index in [1.54, 1.807) is 12.3 Å². The number of hydrogen-bond acceptors (Lipinski definition) is 6. The molecule has 0 aliphatic heterocycles. The lowest BCUT2D eigenvalue weighted by Crippen LogP contribution is -2.44. The minimum Gasteiger partial charge on any atom is -0.511 e. The number of carbonyl (C=O) groups excluding carboxylic acids is 3. The molecule has 0 saturated heterocycles. The Labute approximate surface area is 142 Å². The van der Waals surface area contributed by atoms with Gasteiger partial charge >= 0.3 is 0 Å². The van der Waals surface area contributed by atoms with Gasteiger partial charge in [0, 0.05) is 30.0 Å². The number of aliphatic hydroxyl groups is 2. The molecule has 3 aliphatic rings. The first-order chi connectivity index (χ1) is 11.9. The van der Waals surface area contributed by atoms with Crippen LogP contribution in [-0.2, 0) is 20.8 Å². The van der Waals surface area contributed by atoms with Gasteiger partial charge in [0.15, 0.2) is 11.6 Å². The van der Waals surface area contributed by atoms with Gasteiger partial charge in [-0.1, -0.05) is 0 Å². The molecule has 7 heteroatoms. The number of allylic oxidation sites excluding steroid dienone is 2. The SMILES string of the molecule is NC(=O)C1=C(O)C2C(=O)C3=C(O)c4cnccc4C[C@H]3C[C@H]2CC1=O. The Kier molecular flexibility index (Phi) is 3.28. The summed E-state index contributed by atoms with van der Waals surface area (Å²) >= 11 is 0. The van der Waals surface area contributed by atoms with Crippen molar-refractivity contribution in [3.63, 3.8) is 0 Å². The maximum Gasteiger partial charge on any atom is 0.255 e. The van der Waals surface area contributed by atoms with Crippen molar-refractivity contribution in [2.75, 3.05) is 0 Å². The van der Waals surface area contributed by atoms with E-state index < -0.39 is 40.6 Å². The van der Waals surface area contributed by atoms with Gasteiger partial charge in [-0.15, -0.1) is 0 Å². The Hall–Kier alpha value is -2.96. The number of amides is 1. The molecular formula is C18H16N2O5. The fourth-order valence-corrected chi connectivity index (χ4v) is 4.37. The number of nitrogens with two attached hydrogens (primary N) is 1. The highest BCUT2D eigenvalue weighted by Crippen LogP contribution is 2.48. The van der Waals surface area contributed by atoms with Crippen LogP contribution in [0.2, 0.25) is 0 Å². The molecule has 0 radical (unpaired) electrons. The summed E-state index contributed by atoms with van der Waals surface area (Å²) in [6, 6.07) is 1.80. The zero-order valence-corrected chi connectivity index (χ0v) is 13.2. The Morgan fingerprint density at radius 1 is 1.24 bits per heavy atom. The minimum atomic E-state index is -1.03. The molecule has 3 atom stereocenters. The van der Waals surface area contributed by atoms with Gasteiger partial charge in [0.05, 0.1) is 5.92 Å². The molecule has 3 aliphatic carbocycles. The second kappa shape index (κ2) is 5.27. The van der Waals surface area contributed by atoms with E-state index >= 15 is 0 Å². The maximum absolute atomic E-state index is 13.0. The summed E-state index contributed by atoms with van der Waals surface area (Å²) in [6.07, 6.45) is 4.16. The molecule has 0 aromatic carbocycles. The molecule has 4 rings (SSSR count). The Balaban J connectivity index is 1.85. The van der Waals surface area contributed by atoms with Crippen LogP contribution in [0.5, 0.6) is 0 Å². The summed E-state index contributed by atoms with van der Waals surface area (Å²) in [4.78, 5) is 40.6. The standard InChI is InChI=1S/C18H16N2O5/c19-18(25)14-11(21)5-9-4-8-3-7-1-2-20-6-10(7)15(22)12(8)16(23)13(9)17(14)24/h1-2,6,8-9,13,22,24H,3-5H2,(H2,19,25)/t8-,9-,13?/m0/s1. The molecule has 25 heavy (non-hydrogen) atoms. The van der Waals surface area contributed by atoms with Crippen molar-refractivity contribution < 1.29 is 24.6 Å². The van der Waals surface area contributed by atoms with Crippen molar-refractivity contribution >= 4 is 23.2 Å². The van der Waals surface area contributed by atoms with Gasteiger partial charge in [-0.3, -0.25) is 19.4 Å². The fourth-order valence-electron chi connectivity index (χ4n) is 4.37. The van der Waals surface area contributed by atoms with Crippen molar-refractivity contribution in [1.29, 1.82) is 0 Å². The molecular weight excluding hydrogens is 324 g/mol. The number of Topliss-reactive ketones (excluding diaryl/α,β-unsaturated/α-hetero) is 2. The lowest BCUT2D eigenvalue weighted by Gasteiger charge is -2.40. The minimum absolute atomic E-state index is 0.00746. The van der Waals surface area contributed by atoms with Crippen LogP contribution >= 0.6 is 0 Å². The second-order valence-electron chi connectivity index (χ2n) is 6.79. The number of fused-ring (bicyclic) bond motifs is 3. The lowest BCUT2D eigenvalue weighted by atomic mass is 9.62. The monoisotopic (exact) mass is 340 g/mol. The molecule has 0 spiro atoms. The molecule has 0 bridgehead atoms. The van der Waals surface area contributed by atoms with Crippen LogP contribution in [0.3, 0.4) is 0 Å². The summed E-state index contributed by atoms with van der Waals surface area (Å²) in [7, 11) is 0. The largest absolute Gasteiger partial charge is 0.511 e. The number of primary amides is 1. The number of carbonyl (C=O) groups is 3. The third-order valence-corrected chi connectivity index (χ3v) is 5.43. The molecule has 1 aromatic rings. The molecule has 1 heterocycles. The second-order valence-corrected chi connectivity index (χ2v) is 6.79. The highest BCUT2D eigenvalue weighted by molar-refractivity contribution is 6.21. The van der Waals surface area contributed by atoms with Gasteiger partial charge in [0.2, 0.25) is 0 Å². The van der Waals surface area contributed by atoms with Gasteiger partial charge in [0.1, 0.15) is 17.1 Å². The topological polar surface area (TPSA) is 131 Å². The predicted molar refractivity (Wildman–Crippen MR) is 86.1 cm³/mol. The van der Waals surface area contributed by atoms with Crippen LogP contribution < -0.4 is 5.73 Å². The van der Waals surface area contributed by atoms with Crippen molar-refractivity contribution in [2.45, 2.75) is 19.3 Å². The van der Waals surface area contributed by atoms with Gasteiger partial charge < -0.3 is 15.9 Å². The molecule has 7 nitrogen and oxygen atoms in total. The number of aliphatic hydroxyl groups excluding tert-OH is 2. The van der Waals surface area contributed by atoms with E-state index in [4.69, 9.17) is 5.73 Å². The number of nitrogens with zero attached hydrogens (tertiary/aromatic N) is 1. The van der Waals surface area contributed by atoms with Gasteiger partial charge in [-0.2, -0.15) is 0 Å². The third kappa shape index (κ3) is 2.12. The van der Waals surface area contributed by atoms with E-state index in [1.807, 2.05) is 0 Å². The Morgan fingerprint density at radius 2 is 2.00 bits per heavy atom. The van der Waals surface area contributed by atoms with Gasteiger partial charge in [-0.25, -0.2) is 0 Å². The van der Waals surface area contributed by atoms with Crippen LogP contribution in [0, 0.1) is 17.8 Å². The number of hydrogen-bond donors (Lipinski definition) is 3. The van der Waals surface area contributed by atoms with Gasteiger partial charge in [0.25, 0.3) is 5.91 Å². The molecule has 1 saturated carbocycles. The van der Waals surface area contributed by atoms with E-state index in [1.165, 1.54) is 6.20 Å². The number of pyridine rings is 1. The maximum atomic E-state index is 13.0. The van der Waals surface area contributed by atoms with Crippen LogP contribution in [0.25, 0.3) is 5.76 Å².